The Morgan fingerprint density at radius 3 is 2.80 bits per heavy atom. The van der Waals surface area contributed by atoms with Gasteiger partial charge in [0.1, 0.15) is 12.1 Å². The maximum absolute atomic E-state index is 12.4. The fourth-order valence-electron chi connectivity index (χ4n) is 2.90. The first-order valence-corrected chi connectivity index (χ1v) is 8.50. The molecule has 2 N–H and O–H groups in total. The third-order valence-corrected chi connectivity index (χ3v) is 4.26. The Kier molecular flexibility index (Phi) is 4.87. The second-order valence-corrected chi connectivity index (χ2v) is 6.10. The maximum Gasteiger partial charge on any atom is 0.522 e. The van der Waals surface area contributed by atoms with Crippen molar-refractivity contribution in [1.29, 1.82) is 0 Å². The number of aliphatic hydroxyl groups is 1. The van der Waals surface area contributed by atoms with Gasteiger partial charge in [-0.2, -0.15) is 4.68 Å². The third-order valence-electron chi connectivity index (χ3n) is 4.26. The Bertz CT molecular complexity index is 1240. The number of imidazole rings is 2. The number of methoxy groups -OCH3 is 1. The number of aromatic amines is 1. The average molecular weight is 425 g/mol. The first-order chi connectivity index (χ1) is 14.3. The van der Waals surface area contributed by atoms with Gasteiger partial charge in [0.05, 0.1) is 37.9 Å². The summed E-state index contributed by atoms with van der Waals surface area (Å²) in [5.41, 5.74) is 1.25. The minimum atomic E-state index is -4.80. The quantitative estimate of drug-likeness (QED) is 0.465. The molecule has 3 heterocycles. The Balaban J connectivity index is 1.70. The Morgan fingerprint density at radius 1 is 1.30 bits per heavy atom. The summed E-state index contributed by atoms with van der Waals surface area (Å²) in [5, 5.41) is 17.0. The molecule has 158 valence electrons. The van der Waals surface area contributed by atoms with Gasteiger partial charge in [-0.15, -0.1) is 18.3 Å². The number of hydrogen-bond donors (Lipinski definition) is 2. The third kappa shape index (κ3) is 3.57. The molecule has 0 amide bonds. The van der Waals surface area contributed by atoms with Crippen LogP contribution in [0.1, 0.15) is 5.56 Å². The van der Waals surface area contributed by atoms with Gasteiger partial charge in [0.15, 0.2) is 17.2 Å². The summed E-state index contributed by atoms with van der Waals surface area (Å²) < 4.78 is 46.9. The number of nitrogens with one attached hydrogen (secondary N) is 1. The molecule has 0 aliphatic heterocycles. The van der Waals surface area contributed by atoms with Crippen molar-refractivity contribution in [3.63, 3.8) is 0 Å². The van der Waals surface area contributed by atoms with Crippen molar-refractivity contribution in [3.05, 3.63) is 34.5 Å². The zero-order valence-corrected chi connectivity index (χ0v) is 15.3. The number of fused-ring (bicyclic) bond motifs is 2. The number of nitrogens with zero attached hydrogens (tertiary/aromatic N) is 6. The number of alkyl halides is 3. The normalized spacial score (nSPS) is 12.2. The highest BCUT2D eigenvalue weighted by molar-refractivity contribution is 5.83. The van der Waals surface area contributed by atoms with Crippen LogP contribution in [-0.2, 0) is 17.9 Å². The van der Waals surface area contributed by atoms with E-state index in [9.17, 15) is 23.1 Å². The molecule has 0 fully saturated rings. The summed E-state index contributed by atoms with van der Waals surface area (Å²) in [6.07, 6.45) is -3.63. The van der Waals surface area contributed by atoms with Crippen LogP contribution in [0.25, 0.3) is 28.2 Å². The number of aromatic nitrogens is 7. The van der Waals surface area contributed by atoms with Crippen LogP contribution in [0.3, 0.4) is 0 Å². The van der Waals surface area contributed by atoms with Gasteiger partial charge >= 0.3 is 12.1 Å². The number of benzene rings is 1. The predicted molar refractivity (Wildman–Crippen MR) is 94.6 cm³/mol. The van der Waals surface area contributed by atoms with Crippen molar-refractivity contribution in [1.82, 2.24) is 34.3 Å². The van der Waals surface area contributed by atoms with Crippen molar-refractivity contribution >= 4 is 16.7 Å². The van der Waals surface area contributed by atoms with Crippen molar-refractivity contribution in [3.8, 4) is 17.3 Å². The molecule has 0 saturated heterocycles. The van der Waals surface area contributed by atoms with Crippen LogP contribution in [0.2, 0.25) is 0 Å². The van der Waals surface area contributed by atoms with E-state index < -0.39 is 25.2 Å². The molecule has 3 aromatic heterocycles. The molecule has 1 aromatic carbocycles. The molecular weight excluding hydrogens is 411 g/mol. The summed E-state index contributed by atoms with van der Waals surface area (Å²) in [6.45, 7) is -1.46. The molecule has 30 heavy (non-hydrogen) atoms. The van der Waals surface area contributed by atoms with Crippen LogP contribution >= 0.6 is 0 Å². The van der Waals surface area contributed by atoms with E-state index in [1.807, 2.05) is 0 Å². The molecule has 0 aliphatic rings. The molecule has 14 heteroatoms. The van der Waals surface area contributed by atoms with Crippen molar-refractivity contribution in [2.24, 2.45) is 0 Å². The lowest BCUT2D eigenvalue weighted by Crippen LogP contribution is -2.32. The minimum Gasteiger partial charge on any atom is -0.496 e. The molecule has 0 radical (unpaired) electrons. The van der Waals surface area contributed by atoms with Crippen molar-refractivity contribution in [2.45, 2.75) is 19.5 Å². The molecular formula is C16H14F3N7O4. The smallest absolute Gasteiger partial charge is 0.496 e. The summed E-state index contributed by atoms with van der Waals surface area (Å²) in [5.74, 6) is 0.748. The van der Waals surface area contributed by atoms with E-state index in [0.717, 1.165) is 9.08 Å². The number of H-pyrrole nitrogens is 1. The van der Waals surface area contributed by atoms with Crippen LogP contribution in [0.15, 0.2) is 23.3 Å². The zero-order chi connectivity index (χ0) is 21.5. The first kappa shape index (κ1) is 19.8. The Labute approximate surface area is 164 Å². The van der Waals surface area contributed by atoms with E-state index in [4.69, 9.17) is 4.74 Å². The fraction of sp³-hybridized carbons (Fsp3) is 0.312. The molecule has 0 spiro atoms. The van der Waals surface area contributed by atoms with E-state index in [1.54, 1.807) is 12.1 Å². The fourth-order valence-corrected chi connectivity index (χ4v) is 2.90. The van der Waals surface area contributed by atoms with Gasteiger partial charge in [-0.3, -0.25) is 4.74 Å². The van der Waals surface area contributed by atoms with Crippen LogP contribution in [0.5, 0.6) is 5.75 Å². The van der Waals surface area contributed by atoms with Gasteiger partial charge in [0.25, 0.3) is 0 Å². The van der Waals surface area contributed by atoms with Crippen LogP contribution < -0.4 is 10.4 Å². The van der Waals surface area contributed by atoms with Gasteiger partial charge in [0, 0.05) is 11.6 Å². The molecule has 4 rings (SSSR count). The van der Waals surface area contributed by atoms with Crippen LogP contribution in [-0.4, -0.2) is 59.5 Å². The summed E-state index contributed by atoms with van der Waals surface area (Å²) in [6, 6.07) is 3.31. The van der Waals surface area contributed by atoms with E-state index in [-0.39, 0.29) is 23.8 Å². The maximum atomic E-state index is 12.4. The van der Waals surface area contributed by atoms with Gasteiger partial charge < -0.3 is 14.8 Å². The van der Waals surface area contributed by atoms with Gasteiger partial charge in [-0.25, -0.2) is 19.2 Å². The highest BCUT2D eigenvalue weighted by atomic mass is 19.4. The van der Waals surface area contributed by atoms with E-state index in [0.29, 0.717) is 22.3 Å². The average Bonchev–Trinajstić information content (AvgIpc) is 3.31. The molecule has 0 unspecified atom stereocenters. The number of halogens is 3. The molecule has 11 nitrogen and oxygen atoms in total. The summed E-state index contributed by atoms with van der Waals surface area (Å²) in [4.78, 5) is 24.0. The lowest BCUT2D eigenvalue weighted by Gasteiger charge is -2.07. The van der Waals surface area contributed by atoms with Gasteiger partial charge in [-0.1, -0.05) is 5.21 Å². The topological polar surface area (TPSA) is 132 Å². The van der Waals surface area contributed by atoms with Crippen LogP contribution in [0.4, 0.5) is 13.2 Å². The number of hydrogen-bond acceptors (Lipinski definition) is 8. The Morgan fingerprint density at radius 2 is 2.10 bits per heavy atom. The highest BCUT2D eigenvalue weighted by Gasteiger charge is 2.29. The van der Waals surface area contributed by atoms with E-state index in [1.165, 1.54) is 13.4 Å². The lowest BCUT2D eigenvalue weighted by molar-refractivity contribution is -0.325. The van der Waals surface area contributed by atoms with Crippen molar-refractivity contribution in [2.75, 3.05) is 13.7 Å². The number of ether oxygens (including phenoxy) is 2. The summed E-state index contributed by atoms with van der Waals surface area (Å²) >= 11 is 0. The zero-order valence-electron chi connectivity index (χ0n) is 15.3. The van der Waals surface area contributed by atoms with Gasteiger partial charge in [-0.05, 0) is 6.07 Å². The first-order valence-electron chi connectivity index (χ1n) is 8.50. The second kappa shape index (κ2) is 7.38. The Hall–Kier alpha value is -3.52. The van der Waals surface area contributed by atoms with E-state index >= 15 is 0 Å². The molecule has 4 aromatic rings. The largest absolute Gasteiger partial charge is 0.522 e. The minimum absolute atomic E-state index is 0.0707. The van der Waals surface area contributed by atoms with Crippen LogP contribution in [0, 0.1) is 0 Å². The number of rotatable bonds is 6. The standard InChI is InChI=1S/C16H14F3N7O4/c1-29-11-5-10-9(4-8(11)6-27)21-13(22-10)12-14-23-24-26(2-3-30-16(17,18)19)15(28)25(14)7-20-12/h4-5,7,27H,2-3,6H2,1H3,(H,21,22). The predicted octanol–water partition coefficient (Wildman–Crippen LogP) is 0.867. The lowest BCUT2D eigenvalue weighted by atomic mass is 10.2. The second-order valence-electron chi connectivity index (χ2n) is 6.10. The molecule has 0 aliphatic carbocycles. The molecule has 0 atom stereocenters. The van der Waals surface area contributed by atoms with E-state index in [2.05, 4.69) is 30.0 Å². The summed E-state index contributed by atoms with van der Waals surface area (Å²) in [7, 11) is 1.47. The molecule has 0 saturated carbocycles. The van der Waals surface area contributed by atoms with Gasteiger partial charge in [0.2, 0.25) is 0 Å². The molecule has 0 bridgehead atoms. The number of aliphatic hydroxyl groups excluding tert-OH is 1. The highest BCUT2D eigenvalue weighted by Crippen LogP contribution is 2.27. The van der Waals surface area contributed by atoms with Crippen molar-refractivity contribution < 1.29 is 27.8 Å². The SMILES string of the molecule is COc1cc2nc(-c3ncn4c(=O)n(CCOC(F)(F)F)nnc34)[nH]c2cc1CO. The monoisotopic (exact) mass is 425 g/mol.